The third kappa shape index (κ3) is 5.26. The van der Waals surface area contributed by atoms with E-state index in [1.165, 1.54) is 6.08 Å². The predicted octanol–water partition coefficient (Wildman–Crippen LogP) is 4.26. The highest BCUT2D eigenvalue weighted by Crippen LogP contribution is 2.27. The van der Waals surface area contributed by atoms with Crippen molar-refractivity contribution in [3.63, 3.8) is 0 Å². The van der Waals surface area contributed by atoms with Gasteiger partial charge >= 0.3 is 0 Å². The van der Waals surface area contributed by atoms with Gasteiger partial charge in [0, 0.05) is 29.1 Å². The molecule has 0 bridgehead atoms. The fraction of sp³-hybridized carbons (Fsp3) is 0.227. The van der Waals surface area contributed by atoms with Crippen LogP contribution in [0.15, 0.2) is 59.0 Å². The van der Waals surface area contributed by atoms with Crippen molar-refractivity contribution in [2.45, 2.75) is 26.3 Å². The van der Waals surface area contributed by atoms with Crippen LogP contribution in [0.1, 0.15) is 36.8 Å². The maximum absolute atomic E-state index is 12.4. The van der Waals surface area contributed by atoms with Gasteiger partial charge in [-0.2, -0.15) is 0 Å². The van der Waals surface area contributed by atoms with Crippen LogP contribution in [0.4, 0.5) is 5.69 Å². The first kappa shape index (κ1) is 20.7. The second-order valence-corrected chi connectivity index (χ2v) is 8.60. The van der Waals surface area contributed by atoms with Crippen LogP contribution in [0.5, 0.6) is 0 Å². The number of anilines is 1. The molecule has 0 spiro atoms. The quantitative estimate of drug-likeness (QED) is 0.568. The number of carbonyl (C=O) groups excluding carboxylic acids is 1. The Labute approximate surface area is 170 Å². The van der Waals surface area contributed by atoms with Crippen LogP contribution in [0, 0.1) is 0 Å². The van der Waals surface area contributed by atoms with Crippen LogP contribution in [0.2, 0.25) is 0 Å². The van der Waals surface area contributed by atoms with Crippen LogP contribution >= 0.6 is 0 Å². The standard InChI is InChI=1S/C22H24N2O4S/c1-4-20-19(18-10-5-6-11-21(18)28-20)12-13-22(25)23-15(2)16-8-7-9-17(14-16)24-29(3,26)27/h5-15,24H,4H2,1-3H3,(H,23,25)/b13-12+. The van der Waals surface area contributed by atoms with Gasteiger partial charge in [0.15, 0.2) is 0 Å². The molecular weight excluding hydrogens is 388 g/mol. The van der Waals surface area contributed by atoms with E-state index in [1.54, 1.807) is 24.3 Å². The molecule has 0 fully saturated rings. The number of nitrogens with one attached hydrogen (secondary N) is 2. The van der Waals surface area contributed by atoms with E-state index < -0.39 is 10.0 Å². The molecule has 0 aliphatic carbocycles. The summed E-state index contributed by atoms with van der Waals surface area (Å²) in [6, 6.07) is 14.4. The van der Waals surface area contributed by atoms with Crippen molar-refractivity contribution in [2.75, 3.05) is 11.0 Å². The van der Waals surface area contributed by atoms with Gasteiger partial charge in [-0.05, 0) is 36.8 Å². The monoisotopic (exact) mass is 412 g/mol. The fourth-order valence-corrected chi connectivity index (χ4v) is 3.71. The first-order chi connectivity index (χ1) is 13.8. The van der Waals surface area contributed by atoms with Crippen molar-refractivity contribution in [3.8, 4) is 0 Å². The average molecular weight is 413 g/mol. The maximum Gasteiger partial charge on any atom is 0.244 e. The Bertz CT molecular complexity index is 1160. The Morgan fingerprint density at radius 2 is 1.93 bits per heavy atom. The number of sulfonamides is 1. The van der Waals surface area contributed by atoms with E-state index in [2.05, 4.69) is 10.0 Å². The summed E-state index contributed by atoms with van der Waals surface area (Å²) >= 11 is 0. The number of amides is 1. The van der Waals surface area contributed by atoms with E-state index in [1.807, 2.05) is 44.2 Å². The topological polar surface area (TPSA) is 88.4 Å². The van der Waals surface area contributed by atoms with Crippen LogP contribution in [-0.2, 0) is 21.2 Å². The number of aryl methyl sites for hydroxylation is 1. The lowest BCUT2D eigenvalue weighted by molar-refractivity contribution is -0.117. The largest absolute Gasteiger partial charge is 0.460 e. The third-order valence-corrected chi connectivity index (χ3v) is 5.09. The molecule has 1 unspecified atom stereocenters. The highest BCUT2D eigenvalue weighted by Gasteiger charge is 2.12. The van der Waals surface area contributed by atoms with Gasteiger partial charge in [-0.15, -0.1) is 0 Å². The molecule has 6 nitrogen and oxygen atoms in total. The molecule has 1 atom stereocenters. The highest BCUT2D eigenvalue weighted by atomic mass is 32.2. The molecule has 0 saturated heterocycles. The SMILES string of the molecule is CCc1oc2ccccc2c1/C=C/C(=O)NC(C)c1cccc(NS(C)(=O)=O)c1. The summed E-state index contributed by atoms with van der Waals surface area (Å²) in [6.07, 6.45) is 5.09. The zero-order valence-corrected chi connectivity index (χ0v) is 17.4. The molecule has 0 aliphatic rings. The lowest BCUT2D eigenvalue weighted by Crippen LogP contribution is -2.24. The van der Waals surface area contributed by atoms with Gasteiger partial charge in [0.25, 0.3) is 0 Å². The lowest BCUT2D eigenvalue weighted by atomic mass is 10.1. The average Bonchev–Trinajstić information content (AvgIpc) is 3.03. The molecule has 152 valence electrons. The van der Waals surface area contributed by atoms with Gasteiger partial charge in [0.1, 0.15) is 11.3 Å². The lowest BCUT2D eigenvalue weighted by Gasteiger charge is -2.14. The van der Waals surface area contributed by atoms with Crippen molar-refractivity contribution in [1.29, 1.82) is 0 Å². The summed E-state index contributed by atoms with van der Waals surface area (Å²) in [5.74, 6) is 0.592. The smallest absolute Gasteiger partial charge is 0.244 e. The number of furan rings is 1. The Morgan fingerprint density at radius 1 is 1.17 bits per heavy atom. The van der Waals surface area contributed by atoms with Crippen molar-refractivity contribution < 1.29 is 17.6 Å². The van der Waals surface area contributed by atoms with Crippen LogP contribution in [0.3, 0.4) is 0 Å². The van der Waals surface area contributed by atoms with Crippen LogP contribution in [0.25, 0.3) is 17.0 Å². The van der Waals surface area contributed by atoms with E-state index in [0.29, 0.717) is 5.69 Å². The number of rotatable bonds is 7. The third-order valence-electron chi connectivity index (χ3n) is 4.48. The number of para-hydroxylation sites is 1. The van der Waals surface area contributed by atoms with E-state index in [-0.39, 0.29) is 11.9 Å². The number of hydrogen-bond donors (Lipinski definition) is 2. The molecule has 1 heterocycles. The molecule has 1 aromatic heterocycles. The van der Waals surface area contributed by atoms with E-state index in [0.717, 1.165) is 40.5 Å². The minimum absolute atomic E-state index is 0.244. The maximum atomic E-state index is 12.4. The summed E-state index contributed by atoms with van der Waals surface area (Å²) in [5, 5.41) is 3.87. The van der Waals surface area contributed by atoms with E-state index >= 15 is 0 Å². The Morgan fingerprint density at radius 3 is 2.66 bits per heavy atom. The second kappa shape index (κ2) is 8.53. The van der Waals surface area contributed by atoms with E-state index in [9.17, 15) is 13.2 Å². The van der Waals surface area contributed by atoms with Crippen molar-refractivity contribution in [1.82, 2.24) is 5.32 Å². The fourth-order valence-electron chi connectivity index (χ4n) is 3.15. The zero-order valence-electron chi connectivity index (χ0n) is 16.6. The summed E-state index contributed by atoms with van der Waals surface area (Å²) in [5.41, 5.74) is 2.96. The van der Waals surface area contributed by atoms with Crippen molar-refractivity contribution in [3.05, 3.63) is 71.5 Å². The van der Waals surface area contributed by atoms with Gasteiger partial charge < -0.3 is 9.73 Å². The van der Waals surface area contributed by atoms with Crippen LogP contribution < -0.4 is 10.0 Å². The van der Waals surface area contributed by atoms with Gasteiger partial charge in [-0.25, -0.2) is 8.42 Å². The Balaban J connectivity index is 1.74. The van der Waals surface area contributed by atoms with Gasteiger partial charge in [-0.3, -0.25) is 9.52 Å². The normalized spacial score (nSPS) is 12.9. The minimum atomic E-state index is -3.36. The molecule has 7 heteroatoms. The molecule has 0 aliphatic heterocycles. The molecular formula is C22H24N2O4S. The summed E-state index contributed by atoms with van der Waals surface area (Å²) in [7, 11) is -3.36. The number of fused-ring (bicyclic) bond motifs is 1. The molecule has 0 saturated carbocycles. The van der Waals surface area contributed by atoms with Gasteiger partial charge in [0.05, 0.1) is 12.3 Å². The molecule has 2 aromatic carbocycles. The van der Waals surface area contributed by atoms with Crippen molar-refractivity contribution >= 4 is 38.7 Å². The summed E-state index contributed by atoms with van der Waals surface area (Å²) in [6.45, 7) is 3.85. The molecule has 3 rings (SSSR count). The number of carbonyl (C=O) groups is 1. The highest BCUT2D eigenvalue weighted by molar-refractivity contribution is 7.92. The Kier molecular flexibility index (Phi) is 6.08. The minimum Gasteiger partial charge on any atom is -0.460 e. The summed E-state index contributed by atoms with van der Waals surface area (Å²) < 4.78 is 31.1. The number of benzene rings is 2. The molecule has 29 heavy (non-hydrogen) atoms. The first-order valence-corrected chi connectivity index (χ1v) is 11.2. The van der Waals surface area contributed by atoms with Crippen molar-refractivity contribution in [2.24, 2.45) is 0 Å². The molecule has 2 N–H and O–H groups in total. The van der Waals surface area contributed by atoms with E-state index in [4.69, 9.17) is 4.42 Å². The molecule has 3 aromatic rings. The predicted molar refractivity (Wildman–Crippen MR) is 116 cm³/mol. The Hall–Kier alpha value is -3.06. The summed E-state index contributed by atoms with van der Waals surface area (Å²) in [4.78, 5) is 12.4. The van der Waals surface area contributed by atoms with Crippen LogP contribution in [-0.4, -0.2) is 20.6 Å². The number of hydrogen-bond acceptors (Lipinski definition) is 4. The van der Waals surface area contributed by atoms with Gasteiger partial charge in [-0.1, -0.05) is 37.3 Å². The first-order valence-electron chi connectivity index (χ1n) is 9.33. The van der Waals surface area contributed by atoms with Gasteiger partial charge in [0.2, 0.25) is 15.9 Å². The zero-order chi connectivity index (χ0) is 21.0. The second-order valence-electron chi connectivity index (χ2n) is 6.85. The molecule has 0 radical (unpaired) electrons. The molecule has 1 amide bonds.